The molecular formula is C67H56. The smallest absolute Gasteiger partial charge is 0.0159 e. The summed E-state index contributed by atoms with van der Waals surface area (Å²) < 4.78 is 0. The summed E-state index contributed by atoms with van der Waals surface area (Å²) in [5, 5.41) is 0. The number of hydrogen-bond acceptors (Lipinski definition) is 0. The SMILES string of the molecule is Cc1ccc(-c2ccccc2-c2ccccc2)cc1.Cc1ccc(-c2ccccc2-c2ccccc2)cc1.Cc1ccc2c(c1)C(C)(C)c1cc(-c3ccc4c(c3)Cc3ccccc3-4)ccc1-2. The highest BCUT2D eigenvalue weighted by Gasteiger charge is 2.35. The van der Waals surface area contributed by atoms with Crippen molar-refractivity contribution in [3.8, 4) is 77.9 Å². The zero-order chi connectivity index (χ0) is 45.9. The highest BCUT2D eigenvalue weighted by atomic mass is 14.4. The Morgan fingerprint density at radius 3 is 1.10 bits per heavy atom. The Kier molecular flexibility index (Phi) is 12.0. The molecule has 0 nitrogen and oxygen atoms in total. The summed E-state index contributed by atoms with van der Waals surface area (Å²) in [7, 11) is 0. The largest absolute Gasteiger partial charge is 0.0622 e. The normalized spacial score (nSPS) is 12.3. The molecule has 0 unspecified atom stereocenters. The zero-order valence-electron chi connectivity index (χ0n) is 39.2. The molecule has 0 radical (unpaired) electrons. The van der Waals surface area contributed by atoms with Crippen LogP contribution in [0.1, 0.15) is 52.8 Å². The molecule has 0 spiro atoms. The van der Waals surface area contributed by atoms with Crippen molar-refractivity contribution < 1.29 is 0 Å². The second-order valence-corrected chi connectivity index (χ2v) is 18.7. The standard InChI is InChI=1S/C29H24.2C19H16/c1-18-8-11-25-26-13-10-20(17-28(26)29(2,3)27(25)14-18)19-9-12-24-22(15-19)16-21-6-4-5-7-23(21)24;2*1-15-11-13-17(14-12-15)19-10-6-5-9-18(19)16-7-3-2-4-8-16/h4-15,17H,16H2,1-3H3;2*2-14H,1H3. The summed E-state index contributed by atoms with van der Waals surface area (Å²) in [5.41, 5.74) is 28.2. The molecule has 2 aliphatic carbocycles. The van der Waals surface area contributed by atoms with Crippen molar-refractivity contribution in [1.29, 1.82) is 0 Å². The minimum atomic E-state index is 0.0413. The first kappa shape index (κ1) is 43.1. The van der Waals surface area contributed by atoms with Crippen molar-refractivity contribution in [2.75, 3.05) is 0 Å². The number of benzene rings is 10. The fourth-order valence-corrected chi connectivity index (χ4v) is 10.0. The molecule has 0 aliphatic heterocycles. The lowest BCUT2D eigenvalue weighted by Crippen LogP contribution is -2.15. The number of fused-ring (bicyclic) bond motifs is 6. The first-order chi connectivity index (χ1) is 32.7. The number of hydrogen-bond donors (Lipinski definition) is 0. The lowest BCUT2D eigenvalue weighted by molar-refractivity contribution is 0.660. The van der Waals surface area contributed by atoms with E-state index in [1.807, 2.05) is 0 Å². The van der Waals surface area contributed by atoms with Crippen molar-refractivity contribution in [3.05, 3.63) is 276 Å². The van der Waals surface area contributed by atoms with Crippen LogP contribution < -0.4 is 0 Å². The molecule has 0 saturated heterocycles. The predicted octanol–water partition coefficient (Wildman–Crippen LogP) is 18.2. The van der Waals surface area contributed by atoms with Crippen LogP contribution in [0.5, 0.6) is 0 Å². The Hall–Kier alpha value is -7.80. The minimum absolute atomic E-state index is 0.0413. The van der Waals surface area contributed by atoms with Gasteiger partial charge >= 0.3 is 0 Å². The van der Waals surface area contributed by atoms with Crippen LogP contribution in [-0.2, 0) is 11.8 Å². The van der Waals surface area contributed by atoms with Gasteiger partial charge in [0.2, 0.25) is 0 Å². The Morgan fingerprint density at radius 2 is 0.597 bits per heavy atom. The van der Waals surface area contributed by atoms with Crippen LogP contribution in [0.15, 0.2) is 237 Å². The van der Waals surface area contributed by atoms with Crippen molar-refractivity contribution in [2.24, 2.45) is 0 Å². The van der Waals surface area contributed by atoms with Gasteiger partial charge in [0.1, 0.15) is 0 Å². The molecule has 0 heterocycles. The van der Waals surface area contributed by atoms with E-state index in [2.05, 4.69) is 271 Å². The lowest BCUT2D eigenvalue weighted by Gasteiger charge is -2.22. The molecule has 324 valence electrons. The second-order valence-electron chi connectivity index (χ2n) is 18.7. The predicted molar refractivity (Wildman–Crippen MR) is 287 cm³/mol. The monoisotopic (exact) mass is 860 g/mol. The van der Waals surface area contributed by atoms with Crippen LogP contribution in [0.4, 0.5) is 0 Å². The summed E-state index contributed by atoms with van der Waals surface area (Å²) in [5.74, 6) is 0. The van der Waals surface area contributed by atoms with Gasteiger partial charge < -0.3 is 0 Å². The van der Waals surface area contributed by atoms with E-state index in [4.69, 9.17) is 0 Å². The first-order valence-corrected chi connectivity index (χ1v) is 23.6. The summed E-state index contributed by atoms with van der Waals surface area (Å²) in [4.78, 5) is 0. The van der Waals surface area contributed by atoms with Crippen molar-refractivity contribution >= 4 is 0 Å². The molecule has 2 aliphatic rings. The molecule has 0 aromatic heterocycles. The molecule has 10 aromatic carbocycles. The molecule has 0 heteroatoms. The maximum atomic E-state index is 2.43. The van der Waals surface area contributed by atoms with Crippen LogP contribution in [0.2, 0.25) is 0 Å². The summed E-state index contributed by atoms with van der Waals surface area (Å²) in [6.07, 6.45) is 1.04. The molecule has 10 aromatic rings. The maximum absolute atomic E-state index is 2.43. The van der Waals surface area contributed by atoms with Crippen molar-refractivity contribution in [1.82, 2.24) is 0 Å². The average Bonchev–Trinajstić information content (AvgIpc) is 3.86. The molecule has 67 heavy (non-hydrogen) atoms. The summed E-state index contributed by atoms with van der Waals surface area (Å²) >= 11 is 0. The number of aryl methyl sites for hydroxylation is 3. The van der Waals surface area contributed by atoms with Crippen LogP contribution in [0.3, 0.4) is 0 Å². The van der Waals surface area contributed by atoms with Gasteiger partial charge in [-0.2, -0.15) is 0 Å². The Bertz CT molecular complexity index is 3210. The van der Waals surface area contributed by atoms with Crippen molar-refractivity contribution in [2.45, 2.75) is 46.5 Å². The number of rotatable bonds is 5. The summed E-state index contributed by atoms with van der Waals surface area (Å²) in [6, 6.07) is 85.4. The Morgan fingerprint density at radius 1 is 0.254 bits per heavy atom. The van der Waals surface area contributed by atoms with E-state index in [9.17, 15) is 0 Å². The van der Waals surface area contributed by atoms with Gasteiger partial charge in [0.25, 0.3) is 0 Å². The summed E-state index contributed by atoms with van der Waals surface area (Å²) in [6.45, 7) is 11.1. The Labute approximate surface area is 397 Å². The van der Waals surface area contributed by atoms with Gasteiger partial charge in [-0.3, -0.25) is 0 Å². The van der Waals surface area contributed by atoms with E-state index >= 15 is 0 Å². The van der Waals surface area contributed by atoms with Gasteiger partial charge in [-0.05, 0) is 133 Å². The van der Waals surface area contributed by atoms with E-state index in [0.29, 0.717) is 0 Å². The first-order valence-electron chi connectivity index (χ1n) is 23.6. The molecule has 0 N–H and O–H groups in total. The maximum Gasteiger partial charge on any atom is 0.0159 e. The average molecular weight is 861 g/mol. The highest BCUT2D eigenvalue weighted by Crippen LogP contribution is 2.50. The van der Waals surface area contributed by atoms with E-state index in [1.165, 1.54) is 117 Å². The van der Waals surface area contributed by atoms with Crippen molar-refractivity contribution in [3.63, 3.8) is 0 Å². The molecule has 12 rings (SSSR count). The third kappa shape index (κ3) is 8.84. The third-order valence-corrected chi connectivity index (χ3v) is 13.7. The van der Waals surface area contributed by atoms with E-state index in [-0.39, 0.29) is 5.41 Å². The zero-order valence-corrected chi connectivity index (χ0v) is 39.2. The molecule has 0 amide bonds. The van der Waals surface area contributed by atoms with Crippen LogP contribution in [0.25, 0.3) is 77.9 Å². The van der Waals surface area contributed by atoms with E-state index in [0.717, 1.165) is 6.42 Å². The van der Waals surface area contributed by atoms with Crippen LogP contribution >= 0.6 is 0 Å². The van der Waals surface area contributed by atoms with E-state index < -0.39 is 0 Å². The van der Waals surface area contributed by atoms with Crippen LogP contribution in [0, 0.1) is 20.8 Å². The quantitative estimate of drug-likeness (QED) is 0.162. The van der Waals surface area contributed by atoms with Gasteiger partial charge in [-0.15, -0.1) is 0 Å². The highest BCUT2D eigenvalue weighted by molar-refractivity contribution is 5.87. The Balaban J connectivity index is 0.000000122. The van der Waals surface area contributed by atoms with E-state index in [1.54, 1.807) is 0 Å². The van der Waals surface area contributed by atoms with Crippen LogP contribution in [-0.4, -0.2) is 0 Å². The lowest BCUT2D eigenvalue weighted by atomic mass is 9.81. The van der Waals surface area contributed by atoms with Gasteiger partial charge in [0, 0.05) is 5.41 Å². The third-order valence-electron chi connectivity index (χ3n) is 13.7. The van der Waals surface area contributed by atoms with Gasteiger partial charge in [-0.25, -0.2) is 0 Å². The topological polar surface area (TPSA) is 0 Å². The minimum Gasteiger partial charge on any atom is -0.0622 e. The molecule has 0 fully saturated rings. The fraction of sp³-hybridized carbons (Fsp3) is 0.104. The second kappa shape index (κ2) is 18.6. The molecule has 0 bridgehead atoms. The molecular weight excluding hydrogens is 805 g/mol. The molecule has 0 saturated carbocycles. The van der Waals surface area contributed by atoms with Gasteiger partial charge in [0.15, 0.2) is 0 Å². The van der Waals surface area contributed by atoms with Gasteiger partial charge in [-0.1, -0.05) is 261 Å². The molecule has 0 atom stereocenters. The van der Waals surface area contributed by atoms with Gasteiger partial charge in [0.05, 0.1) is 0 Å². The fourth-order valence-electron chi connectivity index (χ4n) is 10.0.